The fraction of sp³-hybridized carbons (Fsp3) is 0.600. The molecule has 5 heteroatoms. The van der Waals surface area contributed by atoms with Gasteiger partial charge in [-0.1, -0.05) is 20.3 Å². The average molecular weight is 277 g/mol. The van der Waals surface area contributed by atoms with Crippen LogP contribution in [-0.2, 0) is 23.1 Å². The largest absolute Gasteiger partial charge is 0.468 e. The van der Waals surface area contributed by atoms with Crippen LogP contribution in [0.15, 0.2) is 6.07 Å². The van der Waals surface area contributed by atoms with Crippen LogP contribution in [-0.4, -0.2) is 23.7 Å². The van der Waals surface area contributed by atoms with Crippen molar-refractivity contribution in [3.63, 3.8) is 0 Å². The molecule has 0 fully saturated rings. The molecule has 0 aliphatic carbocycles. The van der Waals surface area contributed by atoms with Crippen molar-refractivity contribution < 1.29 is 9.53 Å². The Hall–Kier alpha value is -1.80. The topological polar surface area (TPSA) is 67.0 Å². The molecule has 1 N–H and O–H groups in total. The maximum absolute atomic E-state index is 11.8. The molecule has 0 saturated carbocycles. The molecule has 0 aromatic carbocycles. The zero-order valence-corrected chi connectivity index (χ0v) is 12.9. The van der Waals surface area contributed by atoms with Gasteiger partial charge in [-0.2, -0.15) is 5.26 Å². The molecule has 2 unspecified atom stereocenters. The van der Waals surface area contributed by atoms with Gasteiger partial charge >= 0.3 is 5.97 Å². The summed E-state index contributed by atoms with van der Waals surface area (Å²) >= 11 is 0. The number of nitriles is 1. The number of carbonyl (C=O) groups is 1. The monoisotopic (exact) mass is 277 g/mol. The highest BCUT2D eigenvalue weighted by Crippen LogP contribution is 2.15. The number of nitrogens with zero attached hydrogens (tertiary/aromatic N) is 2. The summed E-state index contributed by atoms with van der Waals surface area (Å²) in [7, 11) is 3.27. The van der Waals surface area contributed by atoms with Crippen molar-refractivity contribution in [2.24, 2.45) is 13.0 Å². The summed E-state index contributed by atoms with van der Waals surface area (Å²) in [5, 5.41) is 12.3. The second-order valence-electron chi connectivity index (χ2n) is 5.08. The second-order valence-corrected chi connectivity index (χ2v) is 5.08. The van der Waals surface area contributed by atoms with Crippen LogP contribution < -0.4 is 5.32 Å². The number of rotatable bonds is 6. The summed E-state index contributed by atoms with van der Waals surface area (Å²) in [6.07, 6.45) is 0.893. The average Bonchev–Trinajstić information content (AvgIpc) is 2.74. The van der Waals surface area contributed by atoms with E-state index in [-0.39, 0.29) is 17.9 Å². The fourth-order valence-corrected chi connectivity index (χ4v) is 2.15. The maximum atomic E-state index is 11.8. The third-order valence-electron chi connectivity index (χ3n) is 3.94. The molecule has 0 spiro atoms. The van der Waals surface area contributed by atoms with E-state index in [0.29, 0.717) is 12.2 Å². The smallest absolute Gasteiger partial charge is 0.323 e. The van der Waals surface area contributed by atoms with Crippen LogP contribution in [0.5, 0.6) is 0 Å². The molecular formula is C15H23N3O2. The first kappa shape index (κ1) is 16.3. The summed E-state index contributed by atoms with van der Waals surface area (Å²) in [4.78, 5) is 11.8. The van der Waals surface area contributed by atoms with Gasteiger partial charge in [-0.25, -0.2) is 0 Å². The molecule has 0 radical (unpaired) electrons. The Labute approximate surface area is 120 Å². The number of hydrogen-bond acceptors (Lipinski definition) is 4. The molecule has 0 amide bonds. The molecule has 1 rings (SSSR count). The van der Waals surface area contributed by atoms with Crippen LogP contribution in [0.25, 0.3) is 0 Å². The van der Waals surface area contributed by atoms with Crippen molar-refractivity contribution >= 4 is 5.97 Å². The van der Waals surface area contributed by atoms with Gasteiger partial charge in [0.2, 0.25) is 0 Å². The number of aromatic nitrogens is 1. The van der Waals surface area contributed by atoms with E-state index in [4.69, 9.17) is 10.00 Å². The lowest BCUT2D eigenvalue weighted by Crippen LogP contribution is -2.42. The van der Waals surface area contributed by atoms with Crippen molar-refractivity contribution in [2.75, 3.05) is 7.11 Å². The van der Waals surface area contributed by atoms with Crippen molar-refractivity contribution in [1.82, 2.24) is 9.88 Å². The summed E-state index contributed by atoms with van der Waals surface area (Å²) in [5.41, 5.74) is 2.68. The quantitative estimate of drug-likeness (QED) is 0.806. The molecule has 0 bridgehead atoms. The molecule has 1 heterocycles. The number of methoxy groups -OCH3 is 1. The van der Waals surface area contributed by atoms with E-state index in [0.717, 1.165) is 17.7 Å². The van der Waals surface area contributed by atoms with E-state index in [1.807, 2.05) is 38.5 Å². The number of nitrogens with one attached hydrogen (secondary N) is 1. The zero-order valence-electron chi connectivity index (χ0n) is 12.9. The standard InChI is InChI=1S/C15H23N3O2/c1-6-10(2)14(15(19)20-5)17-9-12-7-13(8-16)18(4)11(12)3/h7,10,14,17H,6,9H2,1-5H3. The van der Waals surface area contributed by atoms with Gasteiger partial charge in [0.05, 0.1) is 7.11 Å². The first-order valence-corrected chi connectivity index (χ1v) is 6.82. The van der Waals surface area contributed by atoms with Crippen molar-refractivity contribution in [1.29, 1.82) is 5.26 Å². The number of esters is 1. The molecule has 2 atom stereocenters. The zero-order chi connectivity index (χ0) is 15.3. The minimum absolute atomic E-state index is 0.196. The molecule has 0 aliphatic heterocycles. The number of carbonyl (C=O) groups excluding carboxylic acids is 1. The highest BCUT2D eigenvalue weighted by Gasteiger charge is 2.24. The van der Waals surface area contributed by atoms with E-state index in [2.05, 4.69) is 11.4 Å². The summed E-state index contributed by atoms with van der Waals surface area (Å²) in [6.45, 7) is 6.58. The minimum atomic E-state index is -0.324. The summed E-state index contributed by atoms with van der Waals surface area (Å²) in [5.74, 6) is -0.0460. The normalized spacial score (nSPS) is 13.6. The first-order valence-electron chi connectivity index (χ1n) is 6.82. The van der Waals surface area contributed by atoms with Gasteiger partial charge in [0, 0.05) is 19.3 Å². The maximum Gasteiger partial charge on any atom is 0.323 e. The van der Waals surface area contributed by atoms with E-state index < -0.39 is 0 Å². The van der Waals surface area contributed by atoms with Crippen molar-refractivity contribution in [3.8, 4) is 6.07 Å². The Kier molecular flexibility index (Phi) is 5.78. The molecule has 0 aliphatic rings. The Bertz CT molecular complexity index is 514. The van der Waals surface area contributed by atoms with E-state index in [1.165, 1.54) is 7.11 Å². The van der Waals surface area contributed by atoms with Gasteiger partial charge in [0.1, 0.15) is 17.8 Å². The summed E-state index contributed by atoms with van der Waals surface area (Å²) in [6, 6.07) is 3.69. The van der Waals surface area contributed by atoms with Crippen LogP contribution >= 0.6 is 0 Å². The summed E-state index contributed by atoms with van der Waals surface area (Å²) < 4.78 is 6.70. The lowest BCUT2D eigenvalue weighted by atomic mass is 9.99. The minimum Gasteiger partial charge on any atom is -0.468 e. The van der Waals surface area contributed by atoms with E-state index in [9.17, 15) is 4.79 Å². The number of hydrogen-bond donors (Lipinski definition) is 1. The predicted octanol–water partition coefficient (Wildman–Crippen LogP) is 1.88. The molecule has 1 aromatic rings. The highest BCUT2D eigenvalue weighted by molar-refractivity contribution is 5.76. The molecular weight excluding hydrogens is 254 g/mol. The van der Waals surface area contributed by atoms with Crippen LogP contribution in [0, 0.1) is 24.2 Å². The second kappa shape index (κ2) is 7.11. The number of ether oxygens (including phenoxy) is 1. The van der Waals surface area contributed by atoms with Crippen molar-refractivity contribution in [2.45, 2.75) is 39.8 Å². The van der Waals surface area contributed by atoms with Gasteiger partial charge in [-0.3, -0.25) is 4.79 Å². The fourth-order valence-electron chi connectivity index (χ4n) is 2.15. The molecule has 20 heavy (non-hydrogen) atoms. The van der Waals surface area contributed by atoms with Crippen LogP contribution in [0.3, 0.4) is 0 Å². The van der Waals surface area contributed by atoms with E-state index in [1.54, 1.807) is 0 Å². The van der Waals surface area contributed by atoms with Crippen LogP contribution in [0.4, 0.5) is 0 Å². The SMILES string of the molecule is CCC(C)C(NCc1cc(C#N)n(C)c1C)C(=O)OC. The lowest BCUT2D eigenvalue weighted by Gasteiger charge is -2.21. The van der Waals surface area contributed by atoms with Gasteiger partial charge in [-0.15, -0.1) is 0 Å². The first-order chi connectivity index (χ1) is 9.46. The lowest BCUT2D eigenvalue weighted by molar-refractivity contribution is -0.144. The Balaban J connectivity index is 2.83. The van der Waals surface area contributed by atoms with E-state index >= 15 is 0 Å². The third kappa shape index (κ3) is 3.40. The highest BCUT2D eigenvalue weighted by atomic mass is 16.5. The predicted molar refractivity (Wildman–Crippen MR) is 77.0 cm³/mol. The van der Waals surface area contributed by atoms with Gasteiger partial charge in [-0.05, 0) is 24.5 Å². The molecule has 1 aromatic heterocycles. The van der Waals surface area contributed by atoms with Gasteiger partial charge in [0.15, 0.2) is 0 Å². The molecule has 5 nitrogen and oxygen atoms in total. The van der Waals surface area contributed by atoms with Crippen LogP contribution in [0.2, 0.25) is 0 Å². The Morgan fingerprint density at radius 2 is 2.25 bits per heavy atom. The Morgan fingerprint density at radius 1 is 1.60 bits per heavy atom. The van der Waals surface area contributed by atoms with Gasteiger partial charge < -0.3 is 14.6 Å². The van der Waals surface area contributed by atoms with Crippen molar-refractivity contribution in [3.05, 3.63) is 23.0 Å². The third-order valence-corrected chi connectivity index (χ3v) is 3.94. The molecule has 0 saturated heterocycles. The van der Waals surface area contributed by atoms with Gasteiger partial charge in [0.25, 0.3) is 0 Å². The molecule has 110 valence electrons. The Morgan fingerprint density at radius 3 is 2.70 bits per heavy atom. The van der Waals surface area contributed by atoms with Crippen LogP contribution in [0.1, 0.15) is 37.2 Å².